The summed E-state index contributed by atoms with van der Waals surface area (Å²) in [7, 11) is 0. The minimum atomic E-state index is -1.12. The van der Waals surface area contributed by atoms with E-state index in [9.17, 15) is 14.4 Å². The first-order valence-corrected chi connectivity index (χ1v) is 9.99. The molecule has 0 saturated carbocycles. The van der Waals surface area contributed by atoms with Crippen LogP contribution in [-0.2, 0) is 25.7 Å². The lowest BCUT2D eigenvalue weighted by atomic mass is 10.2. The number of thioether (sulfide) groups is 1. The molecule has 2 heterocycles. The maximum atomic E-state index is 12.9. The highest BCUT2D eigenvalue weighted by Crippen LogP contribution is 2.56. The van der Waals surface area contributed by atoms with E-state index in [1.54, 1.807) is 12.1 Å². The topological polar surface area (TPSA) is 75.7 Å². The maximum absolute atomic E-state index is 12.9. The van der Waals surface area contributed by atoms with Crippen molar-refractivity contribution in [3.63, 3.8) is 0 Å². The van der Waals surface area contributed by atoms with Crippen LogP contribution < -0.4 is 10.2 Å². The van der Waals surface area contributed by atoms with Crippen molar-refractivity contribution in [1.82, 2.24) is 5.32 Å². The van der Waals surface area contributed by atoms with Crippen molar-refractivity contribution in [2.45, 2.75) is 29.2 Å². The van der Waals surface area contributed by atoms with Crippen molar-refractivity contribution in [3.8, 4) is 0 Å². The predicted octanol–water partition coefficient (Wildman–Crippen LogP) is 3.13. The number of hydrogen-bond acceptors (Lipinski definition) is 5. The number of carbonyl (C=O) groups excluding carboxylic acids is 3. The Labute approximate surface area is 171 Å². The van der Waals surface area contributed by atoms with E-state index in [-0.39, 0.29) is 18.9 Å². The molecular weight excluding hydrogens is 400 g/mol. The summed E-state index contributed by atoms with van der Waals surface area (Å²) in [6, 6.07) is 14.6. The molecule has 2 aliphatic rings. The molecule has 1 atom stereocenters. The largest absolute Gasteiger partial charge is 0.453 e. The summed E-state index contributed by atoms with van der Waals surface area (Å²) >= 11 is 7.37. The van der Waals surface area contributed by atoms with Crippen LogP contribution in [0.1, 0.15) is 18.4 Å². The van der Waals surface area contributed by atoms with Gasteiger partial charge in [0.1, 0.15) is 0 Å². The number of esters is 1. The van der Waals surface area contributed by atoms with Gasteiger partial charge in [0.15, 0.2) is 11.5 Å². The smallest absolute Gasteiger partial charge is 0.344 e. The third-order valence-corrected chi connectivity index (χ3v) is 6.59. The molecule has 0 unspecified atom stereocenters. The second-order valence-electron chi connectivity index (χ2n) is 6.53. The van der Waals surface area contributed by atoms with E-state index in [0.29, 0.717) is 11.4 Å². The zero-order chi connectivity index (χ0) is 19.7. The summed E-state index contributed by atoms with van der Waals surface area (Å²) < 4.78 is 5.29. The Morgan fingerprint density at radius 3 is 2.75 bits per heavy atom. The minimum absolute atomic E-state index is 0.113. The first-order chi connectivity index (χ1) is 13.5. The number of nitrogens with zero attached hydrogens (tertiary/aromatic N) is 1. The molecule has 0 radical (unpaired) electrons. The average Bonchev–Trinajstić information content (AvgIpc) is 3.21. The molecule has 2 aliphatic heterocycles. The first-order valence-electron chi connectivity index (χ1n) is 8.80. The van der Waals surface area contributed by atoms with Gasteiger partial charge in [0.25, 0.3) is 5.91 Å². The Morgan fingerprint density at radius 1 is 1.18 bits per heavy atom. The number of fused-ring (bicyclic) bond motifs is 3. The Kier molecular flexibility index (Phi) is 5.03. The molecule has 144 valence electrons. The van der Waals surface area contributed by atoms with Crippen molar-refractivity contribution in [3.05, 3.63) is 59.1 Å². The maximum Gasteiger partial charge on any atom is 0.344 e. The summed E-state index contributed by atoms with van der Waals surface area (Å²) in [5.74, 6) is -1.12. The highest BCUT2D eigenvalue weighted by Gasteiger charge is 2.58. The van der Waals surface area contributed by atoms with Crippen LogP contribution in [-0.4, -0.2) is 29.3 Å². The number of benzene rings is 2. The lowest BCUT2D eigenvalue weighted by Gasteiger charge is -2.28. The number of halogens is 1. The lowest BCUT2D eigenvalue weighted by Crippen LogP contribution is -2.48. The molecule has 2 amide bonds. The molecule has 1 fully saturated rings. The van der Waals surface area contributed by atoms with Crippen LogP contribution in [0.25, 0.3) is 0 Å². The second-order valence-corrected chi connectivity index (χ2v) is 8.25. The number of hydrogen-bond donors (Lipinski definition) is 1. The molecule has 8 heteroatoms. The van der Waals surface area contributed by atoms with Crippen LogP contribution >= 0.6 is 23.4 Å². The first kappa shape index (κ1) is 18.8. The van der Waals surface area contributed by atoms with E-state index in [2.05, 4.69) is 5.32 Å². The van der Waals surface area contributed by atoms with Gasteiger partial charge in [0.2, 0.25) is 5.91 Å². The molecule has 0 aliphatic carbocycles. The van der Waals surface area contributed by atoms with Gasteiger partial charge in [-0.1, -0.05) is 53.7 Å². The molecule has 0 aromatic heterocycles. The van der Waals surface area contributed by atoms with Gasteiger partial charge in [0.05, 0.1) is 5.69 Å². The average molecular weight is 417 g/mol. The molecule has 2 aromatic carbocycles. The van der Waals surface area contributed by atoms with Gasteiger partial charge in [-0.2, -0.15) is 0 Å². The van der Waals surface area contributed by atoms with Crippen molar-refractivity contribution >= 4 is 46.8 Å². The minimum Gasteiger partial charge on any atom is -0.453 e. The summed E-state index contributed by atoms with van der Waals surface area (Å²) in [5, 5.41) is 3.24. The van der Waals surface area contributed by atoms with E-state index in [1.165, 1.54) is 16.7 Å². The third-order valence-electron chi connectivity index (χ3n) is 4.76. The fourth-order valence-electron chi connectivity index (χ4n) is 3.40. The Balaban J connectivity index is 1.39. The molecule has 4 rings (SSSR count). The number of rotatable bonds is 5. The number of amides is 2. The van der Waals surface area contributed by atoms with E-state index >= 15 is 0 Å². The van der Waals surface area contributed by atoms with Gasteiger partial charge >= 0.3 is 5.97 Å². The zero-order valence-corrected chi connectivity index (χ0v) is 16.4. The van der Waals surface area contributed by atoms with Crippen LogP contribution in [0, 0.1) is 0 Å². The standard InChI is InChI=1S/C20H17ClN2O4S/c21-14-6-2-1-5-13(14)11-22-17(24)12-27-19(26)20-10-9-18(25)23(20)15-7-3-4-8-16(15)28-20/h1-8H,9-12H2,(H,22,24)/t20-/m0/s1. The number of anilines is 1. The molecule has 6 nitrogen and oxygen atoms in total. The highest BCUT2D eigenvalue weighted by molar-refractivity contribution is 8.02. The molecule has 0 bridgehead atoms. The fraction of sp³-hybridized carbons (Fsp3) is 0.250. The summed E-state index contributed by atoms with van der Waals surface area (Å²) in [6.07, 6.45) is 0.625. The molecule has 1 N–H and O–H groups in total. The van der Waals surface area contributed by atoms with E-state index < -0.39 is 23.4 Å². The van der Waals surface area contributed by atoms with E-state index in [0.717, 1.165) is 16.1 Å². The van der Waals surface area contributed by atoms with Crippen LogP contribution in [0.4, 0.5) is 5.69 Å². The van der Waals surface area contributed by atoms with Crippen LogP contribution in [0.15, 0.2) is 53.4 Å². The highest BCUT2D eigenvalue weighted by atomic mass is 35.5. The lowest BCUT2D eigenvalue weighted by molar-refractivity contribution is -0.151. The van der Waals surface area contributed by atoms with Gasteiger partial charge in [-0.25, -0.2) is 4.79 Å². The monoisotopic (exact) mass is 416 g/mol. The van der Waals surface area contributed by atoms with E-state index in [4.69, 9.17) is 16.3 Å². The fourth-order valence-corrected chi connectivity index (χ4v) is 5.02. The molecule has 0 spiro atoms. The molecule has 28 heavy (non-hydrogen) atoms. The summed E-state index contributed by atoms with van der Waals surface area (Å²) in [5.41, 5.74) is 1.49. The predicted molar refractivity (Wildman–Crippen MR) is 106 cm³/mol. The van der Waals surface area contributed by atoms with Crippen LogP contribution in [0.3, 0.4) is 0 Å². The Bertz CT molecular complexity index is 967. The van der Waals surface area contributed by atoms with Gasteiger partial charge in [-0.3, -0.25) is 14.5 Å². The summed E-state index contributed by atoms with van der Waals surface area (Å²) in [6.45, 7) is -0.171. The van der Waals surface area contributed by atoms with Crippen molar-refractivity contribution < 1.29 is 19.1 Å². The third kappa shape index (κ3) is 3.25. The van der Waals surface area contributed by atoms with E-state index in [1.807, 2.05) is 36.4 Å². The number of ether oxygens (including phenoxy) is 1. The molecular formula is C20H17ClN2O4S. The van der Waals surface area contributed by atoms with Gasteiger partial charge in [-0.05, 0) is 23.8 Å². The van der Waals surface area contributed by atoms with Gasteiger partial charge in [0, 0.05) is 29.3 Å². The zero-order valence-electron chi connectivity index (χ0n) is 14.8. The van der Waals surface area contributed by atoms with Crippen LogP contribution in [0.2, 0.25) is 5.02 Å². The quantitative estimate of drug-likeness (QED) is 0.758. The van der Waals surface area contributed by atoms with Crippen molar-refractivity contribution in [2.24, 2.45) is 0 Å². The SMILES string of the molecule is O=C(COC(=O)[C@@]12CCC(=O)N1c1ccccc1S2)NCc1ccccc1Cl. The Hall–Kier alpha value is -2.51. The van der Waals surface area contributed by atoms with Gasteiger partial charge < -0.3 is 10.1 Å². The molecule has 2 aromatic rings. The summed E-state index contributed by atoms with van der Waals surface area (Å²) in [4.78, 5) is 38.6. The van der Waals surface area contributed by atoms with Crippen molar-refractivity contribution in [1.29, 1.82) is 0 Å². The number of para-hydroxylation sites is 1. The molecule has 1 saturated heterocycles. The van der Waals surface area contributed by atoms with Gasteiger partial charge in [-0.15, -0.1) is 0 Å². The van der Waals surface area contributed by atoms with Crippen LogP contribution in [0.5, 0.6) is 0 Å². The van der Waals surface area contributed by atoms with Crippen molar-refractivity contribution in [2.75, 3.05) is 11.5 Å². The normalized spacial score (nSPS) is 19.9. The number of carbonyl (C=O) groups is 3. The number of nitrogens with one attached hydrogen (secondary N) is 1. The Morgan fingerprint density at radius 2 is 1.93 bits per heavy atom. The second kappa shape index (κ2) is 7.48.